The van der Waals surface area contributed by atoms with Crippen LogP contribution in [-0.4, -0.2) is 44.3 Å². The van der Waals surface area contributed by atoms with Crippen molar-refractivity contribution in [2.75, 3.05) is 44.7 Å². The first-order valence-corrected chi connectivity index (χ1v) is 8.58. The lowest BCUT2D eigenvalue weighted by molar-refractivity contribution is -0.910. The van der Waals surface area contributed by atoms with E-state index in [4.69, 9.17) is 0 Å². The molecule has 1 aliphatic rings. The van der Waals surface area contributed by atoms with Crippen molar-refractivity contribution < 1.29 is 4.48 Å². The SMILES string of the molecule is CC(C)CC[N+]1(C)CCN(c2ccc(C(C)C)cc2)CC1. The molecule has 1 fully saturated rings. The Morgan fingerprint density at radius 2 is 1.57 bits per heavy atom. The predicted octanol–water partition coefficient (Wildman–Crippen LogP) is 4.12. The van der Waals surface area contributed by atoms with Gasteiger partial charge in [-0.1, -0.05) is 39.8 Å². The Kier molecular flexibility index (Phi) is 5.32. The Morgan fingerprint density at radius 1 is 1.00 bits per heavy atom. The molecule has 0 atom stereocenters. The maximum absolute atomic E-state index is 2.56. The minimum Gasteiger partial charge on any atom is -0.360 e. The molecule has 0 N–H and O–H groups in total. The van der Waals surface area contributed by atoms with Gasteiger partial charge in [-0.2, -0.15) is 0 Å². The van der Waals surface area contributed by atoms with Gasteiger partial charge in [0, 0.05) is 5.69 Å². The van der Waals surface area contributed by atoms with Gasteiger partial charge in [0.2, 0.25) is 0 Å². The van der Waals surface area contributed by atoms with E-state index in [0.717, 1.165) is 5.92 Å². The van der Waals surface area contributed by atoms with Crippen LogP contribution in [0.3, 0.4) is 0 Å². The van der Waals surface area contributed by atoms with Gasteiger partial charge >= 0.3 is 0 Å². The van der Waals surface area contributed by atoms with E-state index in [1.54, 1.807) is 0 Å². The Morgan fingerprint density at radius 3 is 2.05 bits per heavy atom. The highest BCUT2D eigenvalue weighted by Gasteiger charge is 2.28. The van der Waals surface area contributed by atoms with Gasteiger partial charge in [0.05, 0.1) is 39.8 Å². The van der Waals surface area contributed by atoms with E-state index >= 15 is 0 Å². The molecular weight excluding hydrogens is 256 g/mol. The van der Waals surface area contributed by atoms with Crippen LogP contribution in [0.2, 0.25) is 0 Å². The van der Waals surface area contributed by atoms with Crippen molar-refractivity contribution in [1.82, 2.24) is 0 Å². The number of hydrogen-bond donors (Lipinski definition) is 0. The van der Waals surface area contributed by atoms with Crippen molar-refractivity contribution in [3.63, 3.8) is 0 Å². The quantitative estimate of drug-likeness (QED) is 0.737. The summed E-state index contributed by atoms with van der Waals surface area (Å²) in [4.78, 5) is 2.56. The second kappa shape index (κ2) is 6.83. The minimum absolute atomic E-state index is 0.622. The zero-order valence-electron chi connectivity index (χ0n) is 14.6. The van der Waals surface area contributed by atoms with E-state index in [9.17, 15) is 0 Å². The highest BCUT2D eigenvalue weighted by Crippen LogP contribution is 2.23. The summed E-state index contributed by atoms with van der Waals surface area (Å²) in [6.45, 7) is 15.4. The standard InChI is InChI=1S/C19H33N2/c1-16(2)10-13-21(5)14-11-20(12-15-21)19-8-6-18(7-9-19)17(3)4/h6-9,16-17H,10-15H2,1-5H3/q+1. The van der Waals surface area contributed by atoms with Crippen molar-refractivity contribution in [3.8, 4) is 0 Å². The van der Waals surface area contributed by atoms with Crippen LogP contribution in [0.15, 0.2) is 24.3 Å². The Bertz CT molecular complexity index is 425. The fourth-order valence-corrected chi connectivity index (χ4v) is 3.07. The summed E-state index contributed by atoms with van der Waals surface area (Å²) in [6, 6.07) is 9.20. The van der Waals surface area contributed by atoms with Gasteiger partial charge in [-0.25, -0.2) is 0 Å². The van der Waals surface area contributed by atoms with Crippen molar-refractivity contribution in [3.05, 3.63) is 29.8 Å². The summed E-state index contributed by atoms with van der Waals surface area (Å²) in [5.74, 6) is 1.44. The molecule has 0 unspecified atom stereocenters. The van der Waals surface area contributed by atoms with Gasteiger partial charge in [0.15, 0.2) is 0 Å². The Labute approximate surface area is 131 Å². The van der Waals surface area contributed by atoms with Gasteiger partial charge in [0.25, 0.3) is 0 Å². The maximum Gasteiger partial charge on any atom is 0.0963 e. The zero-order chi connectivity index (χ0) is 15.5. The van der Waals surface area contributed by atoms with Crippen LogP contribution in [-0.2, 0) is 0 Å². The number of anilines is 1. The summed E-state index contributed by atoms with van der Waals surface area (Å²) in [7, 11) is 2.43. The van der Waals surface area contributed by atoms with E-state index < -0.39 is 0 Å². The molecule has 0 radical (unpaired) electrons. The van der Waals surface area contributed by atoms with Crippen LogP contribution in [0.25, 0.3) is 0 Å². The van der Waals surface area contributed by atoms with Crippen molar-refractivity contribution in [2.24, 2.45) is 5.92 Å². The van der Waals surface area contributed by atoms with E-state index in [1.807, 2.05) is 0 Å². The van der Waals surface area contributed by atoms with Crippen molar-refractivity contribution >= 4 is 5.69 Å². The topological polar surface area (TPSA) is 3.24 Å². The molecule has 1 aromatic rings. The number of benzene rings is 1. The molecule has 1 heterocycles. The third-order valence-electron chi connectivity index (χ3n) is 4.99. The number of likely N-dealkylation sites (N-methyl/N-ethyl adjacent to an activating group) is 1. The van der Waals surface area contributed by atoms with Gasteiger partial charge in [0.1, 0.15) is 0 Å². The molecule has 2 rings (SSSR count). The smallest absolute Gasteiger partial charge is 0.0963 e. The second-order valence-electron chi connectivity index (χ2n) is 7.71. The molecule has 0 amide bonds. The summed E-state index contributed by atoms with van der Waals surface area (Å²) in [6.07, 6.45) is 1.35. The first-order chi connectivity index (χ1) is 9.89. The summed E-state index contributed by atoms with van der Waals surface area (Å²) >= 11 is 0. The first kappa shape index (κ1) is 16.4. The molecule has 21 heavy (non-hydrogen) atoms. The largest absolute Gasteiger partial charge is 0.360 e. The van der Waals surface area contributed by atoms with E-state index in [-0.39, 0.29) is 0 Å². The molecule has 1 aliphatic heterocycles. The maximum atomic E-state index is 2.56. The van der Waals surface area contributed by atoms with Crippen molar-refractivity contribution in [1.29, 1.82) is 0 Å². The highest BCUT2D eigenvalue weighted by molar-refractivity contribution is 5.48. The molecule has 118 valence electrons. The Balaban J connectivity index is 1.91. The fraction of sp³-hybridized carbons (Fsp3) is 0.684. The van der Waals surface area contributed by atoms with Gasteiger partial charge < -0.3 is 9.38 Å². The summed E-state index contributed by atoms with van der Waals surface area (Å²) in [5, 5.41) is 0. The van der Waals surface area contributed by atoms with E-state index in [1.165, 1.54) is 54.9 Å². The van der Waals surface area contributed by atoms with Crippen LogP contribution in [0, 0.1) is 5.92 Å². The first-order valence-electron chi connectivity index (χ1n) is 8.58. The molecule has 2 heteroatoms. The average Bonchev–Trinajstić information content (AvgIpc) is 2.46. The van der Waals surface area contributed by atoms with Gasteiger partial charge in [-0.05, 0) is 36.0 Å². The van der Waals surface area contributed by atoms with Crippen LogP contribution < -0.4 is 4.90 Å². The molecule has 0 saturated carbocycles. The zero-order valence-corrected chi connectivity index (χ0v) is 14.6. The molecule has 0 spiro atoms. The molecule has 0 bridgehead atoms. The number of piperazine rings is 1. The Hall–Kier alpha value is -1.02. The molecule has 1 aromatic carbocycles. The summed E-state index contributed by atoms with van der Waals surface area (Å²) < 4.78 is 1.25. The normalized spacial score (nSPS) is 18.5. The van der Waals surface area contributed by atoms with E-state index in [2.05, 4.69) is 63.9 Å². The lowest BCUT2D eigenvalue weighted by Crippen LogP contribution is -2.57. The van der Waals surface area contributed by atoms with Crippen molar-refractivity contribution in [2.45, 2.75) is 40.0 Å². The third-order valence-corrected chi connectivity index (χ3v) is 4.99. The van der Waals surface area contributed by atoms with Crippen LogP contribution in [0.5, 0.6) is 0 Å². The molecule has 0 aliphatic carbocycles. The predicted molar refractivity (Wildman–Crippen MR) is 93.0 cm³/mol. The average molecular weight is 289 g/mol. The third kappa shape index (κ3) is 4.47. The number of nitrogens with zero attached hydrogens (tertiary/aromatic N) is 2. The number of quaternary nitrogens is 1. The molecular formula is C19H33N2+. The lowest BCUT2D eigenvalue weighted by Gasteiger charge is -2.43. The lowest BCUT2D eigenvalue weighted by atomic mass is 10.0. The molecule has 2 nitrogen and oxygen atoms in total. The highest BCUT2D eigenvalue weighted by atomic mass is 15.4. The monoisotopic (exact) mass is 289 g/mol. The van der Waals surface area contributed by atoms with E-state index in [0.29, 0.717) is 5.92 Å². The van der Waals surface area contributed by atoms with Gasteiger partial charge in [-0.3, -0.25) is 0 Å². The molecule has 0 aromatic heterocycles. The summed E-state index contributed by atoms with van der Waals surface area (Å²) in [5.41, 5.74) is 2.84. The second-order valence-corrected chi connectivity index (χ2v) is 7.71. The minimum atomic E-state index is 0.622. The van der Waals surface area contributed by atoms with Crippen LogP contribution in [0.1, 0.15) is 45.6 Å². The fourth-order valence-electron chi connectivity index (χ4n) is 3.07. The number of rotatable bonds is 5. The van der Waals surface area contributed by atoms with Crippen LogP contribution >= 0.6 is 0 Å². The number of hydrogen-bond acceptors (Lipinski definition) is 1. The molecule has 1 saturated heterocycles. The van der Waals surface area contributed by atoms with Crippen LogP contribution in [0.4, 0.5) is 5.69 Å². The van der Waals surface area contributed by atoms with Gasteiger partial charge in [-0.15, -0.1) is 0 Å².